The van der Waals surface area contributed by atoms with Crippen LogP contribution in [0.1, 0.15) is 79.0 Å². The number of para-hydroxylation sites is 1. The lowest BCUT2D eigenvalue weighted by Crippen LogP contribution is -2.49. The maximum Gasteiger partial charge on any atom is 0.514 e. The first-order chi connectivity index (χ1) is 48.8. The lowest BCUT2D eigenvalue weighted by atomic mass is 9.85. The third-order valence-electron chi connectivity index (χ3n) is 16.9. The fourth-order valence-corrected chi connectivity index (χ4v) is 11.0. The van der Waals surface area contributed by atoms with Gasteiger partial charge < -0.3 is 91.2 Å². The van der Waals surface area contributed by atoms with Gasteiger partial charge in [0.15, 0.2) is 11.5 Å². The van der Waals surface area contributed by atoms with Crippen molar-refractivity contribution in [2.45, 2.75) is 91.1 Å². The van der Waals surface area contributed by atoms with Crippen LogP contribution >= 0.6 is 0 Å². The molecular weight excluding hydrogens is 1350 g/mol. The number of nitrogens with zero attached hydrogens (tertiary/aromatic N) is 9. The van der Waals surface area contributed by atoms with E-state index in [9.17, 15) is 63.2 Å². The Morgan fingerprint density at radius 2 is 1.19 bits per heavy atom. The third kappa shape index (κ3) is 19.0. The minimum atomic E-state index is -2.02. The molecule has 2 atom stereocenters. The van der Waals surface area contributed by atoms with E-state index in [2.05, 4.69) is 0 Å². The lowest BCUT2D eigenvalue weighted by Gasteiger charge is -2.36. The predicted molar refractivity (Wildman–Crippen MR) is 364 cm³/mol. The molecule has 0 aliphatic carbocycles. The van der Waals surface area contributed by atoms with Crippen LogP contribution in [0, 0.1) is 17.0 Å². The number of aryl methyl sites for hydroxylation is 1. The molecule has 6 amide bonds. The fourth-order valence-electron chi connectivity index (χ4n) is 11.0. The number of non-ortho nitro benzene ring substituents is 1. The van der Waals surface area contributed by atoms with Crippen molar-refractivity contribution in [2.75, 3.05) is 102 Å². The van der Waals surface area contributed by atoms with Crippen LogP contribution in [0.15, 0.2) is 89.7 Å². The largest absolute Gasteiger partial charge is 0.514 e. The summed E-state index contributed by atoms with van der Waals surface area (Å²) in [6, 6.07) is 21.7. The molecule has 2 aliphatic heterocycles. The molecule has 0 spiro atoms. The third-order valence-corrected chi connectivity index (χ3v) is 16.9. The van der Waals surface area contributed by atoms with Crippen molar-refractivity contribution in [3.63, 3.8) is 0 Å². The van der Waals surface area contributed by atoms with Gasteiger partial charge in [0, 0.05) is 134 Å². The van der Waals surface area contributed by atoms with Crippen LogP contribution in [0.4, 0.5) is 39.2 Å². The van der Waals surface area contributed by atoms with Crippen molar-refractivity contribution in [2.24, 2.45) is 0 Å². The number of Topliss-reactive ketones (excluding diaryl/α,β-unsaturated/α-hetero) is 1. The highest BCUT2D eigenvalue weighted by molar-refractivity contribution is 5.88. The molecule has 1 N–H and O–H groups in total. The Morgan fingerprint density at radius 3 is 1.75 bits per heavy atom. The van der Waals surface area contributed by atoms with Gasteiger partial charge in [-0.3, -0.25) is 19.7 Å². The van der Waals surface area contributed by atoms with Crippen LogP contribution < -0.4 is 29.2 Å². The number of rotatable bonds is 28. The number of nitro benzene ring substituents is 1. The van der Waals surface area contributed by atoms with Crippen molar-refractivity contribution in [1.82, 2.24) is 39.0 Å². The van der Waals surface area contributed by atoms with Crippen LogP contribution in [0.25, 0.3) is 22.3 Å². The standard InChI is InChI=1S/C70H81N9O24/c1-13-70(52-35-54-57-46(34-45-16-14-15-17-53(45)71-57)37-78(54)60(81)51(52)41-96-61(70)82)103-67(88)77(10)28-25-74(7)64(85)98-39-47-30-42(2)31-48(40-99-68(89)100-50-20-18-49(19-21-50)79(91)92)58(47)101-65(86)75(8)27-24-73(6)63(84)97-38-44-32-55(93-11)59(56(33-44)94-12)102-66(87)76(9)26-23-72(5)62(83)95-29-22-69(4,90)36-43(3)80/h14-21,30-35,90H,13,22-29,36-41H2,1-12H3/t69?,70-/m0/s1. The number of aromatic nitrogens is 2. The minimum absolute atomic E-state index is 0.00421. The summed E-state index contributed by atoms with van der Waals surface area (Å²) in [5, 5.41) is 22.4. The number of cyclic esters (lactones) is 1. The molecule has 103 heavy (non-hydrogen) atoms. The van der Waals surface area contributed by atoms with Crippen molar-refractivity contribution in [1.29, 1.82) is 0 Å². The van der Waals surface area contributed by atoms with E-state index in [4.69, 9.17) is 57.1 Å². The maximum atomic E-state index is 14.1. The van der Waals surface area contributed by atoms with Gasteiger partial charge in [0.25, 0.3) is 11.2 Å². The molecule has 550 valence electrons. The molecule has 0 saturated heterocycles. The van der Waals surface area contributed by atoms with Crippen LogP contribution in [0.5, 0.6) is 28.7 Å². The summed E-state index contributed by atoms with van der Waals surface area (Å²) in [5.74, 6) is -1.39. The number of esters is 1. The zero-order valence-corrected chi connectivity index (χ0v) is 59.1. The van der Waals surface area contributed by atoms with Gasteiger partial charge in [-0.25, -0.2) is 43.3 Å². The average Bonchev–Trinajstić information content (AvgIpc) is 1.61. The molecule has 2 aromatic heterocycles. The first kappa shape index (κ1) is 77.0. The summed E-state index contributed by atoms with van der Waals surface area (Å²) in [5.41, 5.74) is -0.0925. The van der Waals surface area contributed by atoms with E-state index in [0.29, 0.717) is 28.0 Å². The van der Waals surface area contributed by atoms with Gasteiger partial charge in [-0.1, -0.05) is 30.7 Å². The molecule has 0 radical (unpaired) electrons. The summed E-state index contributed by atoms with van der Waals surface area (Å²) >= 11 is 0. The average molecular weight is 1430 g/mol. The highest BCUT2D eigenvalue weighted by Gasteiger charge is 2.51. The van der Waals surface area contributed by atoms with Gasteiger partial charge >= 0.3 is 48.7 Å². The summed E-state index contributed by atoms with van der Waals surface area (Å²) in [6.07, 6.45) is -6.64. The summed E-state index contributed by atoms with van der Waals surface area (Å²) in [4.78, 5) is 156. The molecule has 1 unspecified atom stereocenters. The van der Waals surface area contributed by atoms with Gasteiger partial charge in [0.2, 0.25) is 11.4 Å². The lowest BCUT2D eigenvalue weighted by molar-refractivity contribution is -0.384. The number of carbonyl (C=O) groups is 9. The predicted octanol–water partition coefficient (Wildman–Crippen LogP) is 8.69. The Kier molecular flexibility index (Phi) is 25.1. The van der Waals surface area contributed by atoms with E-state index >= 15 is 0 Å². The molecule has 0 bridgehead atoms. The topological polar surface area (TPSA) is 373 Å². The first-order valence-corrected chi connectivity index (χ1v) is 32.3. The molecule has 4 heterocycles. The van der Waals surface area contributed by atoms with E-state index in [1.54, 1.807) is 30.5 Å². The van der Waals surface area contributed by atoms with Crippen molar-refractivity contribution < 1.29 is 105 Å². The molecular formula is C70H81N9O24. The number of hydrogen-bond donors (Lipinski definition) is 1. The molecule has 2 aliphatic rings. The number of fused-ring (bicyclic) bond motifs is 5. The van der Waals surface area contributed by atoms with E-state index in [1.165, 1.54) is 115 Å². The second-order valence-corrected chi connectivity index (χ2v) is 24.9. The van der Waals surface area contributed by atoms with E-state index in [-0.39, 0.29) is 147 Å². The Balaban J connectivity index is 0.872. The maximum absolute atomic E-state index is 14.1. The number of likely N-dealkylation sites (N-methyl/N-ethyl adjacent to an activating group) is 6. The van der Waals surface area contributed by atoms with Crippen molar-refractivity contribution in [3.05, 3.63) is 144 Å². The minimum Gasteiger partial charge on any atom is -0.493 e. The van der Waals surface area contributed by atoms with Crippen LogP contribution in [0.3, 0.4) is 0 Å². The fraction of sp³-hybridized carbons (Fsp3) is 0.414. The van der Waals surface area contributed by atoms with Crippen LogP contribution in [-0.4, -0.2) is 211 Å². The number of hydrogen-bond acceptors (Lipinski definition) is 25. The molecule has 8 rings (SSSR count). The Morgan fingerprint density at radius 1 is 0.670 bits per heavy atom. The molecule has 4 aromatic carbocycles. The van der Waals surface area contributed by atoms with Crippen LogP contribution in [-0.2, 0) is 76.6 Å². The number of benzene rings is 4. The Labute approximate surface area is 591 Å². The molecule has 0 fully saturated rings. The Hall–Kier alpha value is -11.8. The second-order valence-electron chi connectivity index (χ2n) is 24.9. The van der Waals surface area contributed by atoms with E-state index in [1.807, 2.05) is 30.3 Å². The van der Waals surface area contributed by atoms with E-state index < -0.39 is 83.6 Å². The van der Waals surface area contributed by atoms with Crippen LogP contribution in [0.2, 0.25) is 0 Å². The summed E-state index contributed by atoms with van der Waals surface area (Å²) in [6.45, 7) is 3.89. The SMILES string of the molecule is CC[C@@]1(OC(=O)N(C)CCN(C)C(=O)OCc2cc(C)cc(COC(=O)Oc3ccc([N+](=O)[O-])cc3)c2OC(=O)N(C)CCN(C)C(=O)OCc2cc(OC)c(OC(=O)N(C)CCN(C)C(=O)OCCC(C)(O)CC(C)=O)c(OC)c2)C(=O)OCc2c1cc1n(c2=O)Cc2cc3ccccc3nc2-1. The quantitative estimate of drug-likeness (QED) is 0.0157. The monoisotopic (exact) mass is 1430 g/mol. The van der Waals surface area contributed by atoms with Gasteiger partial charge in [-0.15, -0.1) is 0 Å². The number of carbonyl (C=O) groups excluding carboxylic acids is 9. The smallest absolute Gasteiger partial charge is 0.493 e. The van der Waals surface area contributed by atoms with Gasteiger partial charge in [0.1, 0.15) is 43.7 Å². The van der Waals surface area contributed by atoms with Gasteiger partial charge in [0.05, 0.1) is 60.4 Å². The molecule has 6 aromatic rings. The highest BCUT2D eigenvalue weighted by atomic mass is 16.7. The zero-order valence-electron chi connectivity index (χ0n) is 59.1. The van der Waals surface area contributed by atoms with Gasteiger partial charge in [-0.2, -0.15) is 0 Å². The van der Waals surface area contributed by atoms with E-state index in [0.717, 1.165) is 37.8 Å². The second kappa shape index (κ2) is 33.6. The summed E-state index contributed by atoms with van der Waals surface area (Å²) in [7, 11) is 11.1. The Bertz CT molecular complexity index is 4270. The molecule has 33 heteroatoms. The number of ketones is 1. The summed E-state index contributed by atoms with van der Waals surface area (Å²) < 4.78 is 62.8. The number of methoxy groups -OCH3 is 2. The van der Waals surface area contributed by atoms with Gasteiger partial charge in [-0.05, 0) is 87.4 Å². The molecule has 0 saturated carbocycles. The first-order valence-electron chi connectivity index (χ1n) is 32.3. The highest BCUT2D eigenvalue weighted by Crippen LogP contribution is 2.42. The number of aliphatic hydroxyl groups is 1. The zero-order chi connectivity index (χ0) is 75.2. The number of pyridine rings is 2. The number of amides is 6. The number of nitro groups is 1. The van der Waals surface area contributed by atoms with Crippen molar-refractivity contribution in [3.8, 4) is 40.1 Å². The normalized spacial score (nSPS) is 13.8. The van der Waals surface area contributed by atoms with Crippen molar-refractivity contribution >= 4 is 71.1 Å². The molecule has 33 nitrogen and oxygen atoms in total. The number of ether oxygens (including phenoxy) is 11.